The third-order valence-electron chi connectivity index (χ3n) is 3.25. The molecule has 0 amide bonds. The summed E-state index contributed by atoms with van der Waals surface area (Å²) in [5.41, 5.74) is 5.72. The second-order valence-corrected chi connectivity index (χ2v) is 4.00. The maximum atomic E-state index is 5.72. The van der Waals surface area contributed by atoms with E-state index in [-0.39, 0.29) is 0 Å². The van der Waals surface area contributed by atoms with Crippen LogP contribution < -0.4 is 5.73 Å². The van der Waals surface area contributed by atoms with Crippen LogP contribution in [0.2, 0.25) is 0 Å². The molecule has 0 heterocycles. The van der Waals surface area contributed by atoms with Gasteiger partial charge >= 0.3 is 0 Å². The monoisotopic (exact) mass is 155 g/mol. The molecule has 0 bridgehead atoms. The van der Waals surface area contributed by atoms with Gasteiger partial charge in [0.15, 0.2) is 0 Å². The van der Waals surface area contributed by atoms with E-state index < -0.39 is 0 Å². The van der Waals surface area contributed by atoms with Gasteiger partial charge in [-0.05, 0) is 30.7 Å². The van der Waals surface area contributed by atoms with Crippen molar-refractivity contribution in [2.24, 2.45) is 23.5 Å². The molecule has 0 aromatic heterocycles. The first kappa shape index (κ1) is 9.05. The highest BCUT2D eigenvalue weighted by Gasteiger charge is 2.30. The molecule has 0 aromatic rings. The zero-order valence-corrected chi connectivity index (χ0v) is 7.84. The second kappa shape index (κ2) is 4.10. The number of hydrogen-bond acceptors (Lipinski definition) is 1. The van der Waals surface area contributed by atoms with Crippen molar-refractivity contribution >= 4 is 0 Å². The Labute approximate surface area is 70.4 Å². The maximum absolute atomic E-state index is 5.72. The maximum Gasteiger partial charge on any atom is -0.00461 e. The molecule has 1 heteroatoms. The zero-order chi connectivity index (χ0) is 8.27. The number of rotatable bonds is 3. The number of nitrogens with two attached hydrogens (primary N) is 1. The Morgan fingerprint density at radius 2 is 2.09 bits per heavy atom. The van der Waals surface area contributed by atoms with E-state index >= 15 is 0 Å². The fraction of sp³-hybridized carbons (Fsp3) is 1.00. The van der Waals surface area contributed by atoms with Gasteiger partial charge in [-0.3, -0.25) is 0 Å². The first-order valence-electron chi connectivity index (χ1n) is 4.99. The molecule has 0 radical (unpaired) electrons. The van der Waals surface area contributed by atoms with E-state index in [1.165, 1.54) is 25.7 Å². The lowest BCUT2D eigenvalue weighted by Crippen LogP contribution is -2.20. The van der Waals surface area contributed by atoms with Crippen molar-refractivity contribution in [3.05, 3.63) is 0 Å². The summed E-state index contributed by atoms with van der Waals surface area (Å²) in [6, 6.07) is 0. The smallest absolute Gasteiger partial charge is 0.00461 e. The summed E-state index contributed by atoms with van der Waals surface area (Å²) >= 11 is 0. The topological polar surface area (TPSA) is 26.0 Å². The molecule has 11 heavy (non-hydrogen) atoms. The van der Waals surface area contributed by atoms with Crippen LogP contribution in [0.3, 0.4) is 0 Å². The minimum Gasteiger partial charge on any atom is -0.330 e. The lowest BCUT2D eigenvalue weighted by molar-refractivity contribution is 0.308. The molecule has 0 saturated heterocycles. The van der Waals surface area contributed by atoms with Crippen LogP contribution in [0.4, 0.5) is 0 Å². The summed E-state index contributed by atoms with van der Waals surface area (Å²) < 4.78 is 0. The van der Waals surface area contributed by atoms with Gasteiger partial charge in [0.05, 0.1) is 0 Å². The standard InChI is InChI=1S/C10H21N/c1-3-4-10-8(2)5-6-9(10)7-11/h8-10H,3-7,11H2,1-2H3. The molecule has 1 fully saturated rings. The molecule has 1 aliphatic rings. The Morgan fingerprint density at radius 1 is 1.36 bits per heavy atom. The lowest BCUT2D eigenvalue weighted by atomic mass is 9.87. The van der Waals surface area contributed by atoms with Crippen molar-refractivity contribution in [3.63, 3.8) is 0 Å². The molecule has 0 aromatic carbocycles. The minimum atomic E-state index is 0.838. The SMILES string of the molecule is CCCC1C(C)CCC1CN. The van der Waals surface area contributed by atoms with Gasteiger partial charge in [0.2, 0.25) is 0 Å². The molecular weight excluding hydrogens is 134 g/mol. The van der Waals surface area contributed by atoms with E-state index in [4.69, 9.17) is 5.73 Å². The van der Waals surface area contributed by atoms with Gasteiger partial charge in [-0.2, -0.15) is 0 Å². The fourth-order valence-corrected chi connectivity index (χ4v) is 2.52. The predicted molar refractivity (Wildman–Crippen MR) is 49.3 cm³/mol. The average Bonchev–Trinajstić information content (AvgIpc) is 2.34. The summed E-state index contributed by atoms with van der Waals surface area (Å²) in [5.74, 6) is 2.71. The van der Waals surface area contributed by atoms with Crippen LogP contribution in [0.1, 0.15) is 39.5 Å². The summed E-state index contributed by atoms with van der Waals surface area (Å²) in [6.45, 7) is 5.57. The van der Waals surface area contributed by atoms with Gasteiger partial charge in [0, 0.05) is 0 Å². The fourth-order valence-electron chi connectivity index (χ4n) is 2.52. The molecule has 2 N–H and O–H groups in total. The molecule has 3 atom stereocenters. The van der Waals surface area contributed by atoms with E-state index in [1.807, 2.05) is 0 Å². The van der Waals surface area contributed by atoms with E-state index in [0.717, 1.165) is 24.3 Å². The van der Waals surface area contributed by atoms with Crippen molar-refractivity contribution in [3.8, 4) is 0 Å². The highest BCUT2D eigenvalue weighted by Crippen LogP contribution is 2.38. The summed E-state index contributed by atoms with van der Waals surface area (Å²) in [6.07, 6.45) is 5.50. The molecule has 0 spiro atoms. The van der Waals surface area contributed by atoms with E-state index in [0.29, 0.717) is 0 Å². The minimum absolute atomic E-state index is 0.838. The summed E-state index contributed by atoms with van der Waals surface area (Å²) in [7, 11) is 0. The average molecular weight is 155 g/mol. The molecule has 66 valence electrons. The molecule has 1 rings (SSSR count). The van der Waals surface area contributed by atoms with Gasteiger partial charge in [-0.15, -0.1) is 0 Å². The third kappa shape index (κ3) is 1.96. The molecule has 3 unspecified atom stereocenters. The molecule has 0 aliphatic heterocycles. The van der Waals surface area contributed by atoms with E-state index in [2.05, 4.69) is 13.8 Å². The van der Waals surface area contributed by atoms with Crippen LogP contribution in [0.15, 0.2) is 0 Å². The first-order chi connectivity index (χ1) is 5.29. The molecule has 1 aliphatic carbocycles. The summed E-state index contributed by atoms with van der Waals surface area (Å²) in [5, 5.41) is 0. The van der Waals surface area contributed by atoms with E-state index in [9.17, 15) is 0 Å². The Kier molecular flexibility index (Phi) is 3.38. The van der Waals surface area contributed by atoms with Crippen molar-refractivity contribution in [2.75, 3.05) is 6.54 Å². The molecule has 1 nitrogen and oxygen atoms in total. The van der Waals surface area contributed by atoms with Crippen LogP contribution in [-0.4, -0.2) is 6.54 Å². The van der Waals surface area contributed by atoms with Crippen molar-refractivity contribution in [2.45, 2.75) is 39.5 Å². The Morgan fingerprint density at radius 3 is 2.64 bits per heavy atom. The van der Waals surface area contributed by atoms with Gasteiger partial charge in [-0.25, -0.2) is 0 Å². The lowest BCUT2D eigenvalue weighted by Gasteiger charge is -2.20. The quantitative estimate of drug-likeness (QED) is 0.665. The normalized spacial score (nSPS) is 37.9. The third-order valence-corrected chi connectivity index (χ3v) is 3.25. The van der Waals surface area contributed by atoms with Gasteiger partial charge in [0.1, 0.15) is 0 Å². The predicted octanol–water partition coefficient (Wildman–Crippen LogP) is 2.41. The largest absolute Gasteiger partial charge is 0.330 e. The molecule has 1 saturated carbocycles. The van der Waals surface area contributed by atoms with Gasteiger partial charge in [-0.1, -0.05) is 33.1 Å². The molecular formula is C10H21N. The van der Waals surface area contributed by atoms with Crippen LogP contribution >= 0.6 is 0 Å². The highest BCUT2D eigenvalue weighted by atomic mass is 14.6. The van der Waals surface area contributed by atoms with Crippen LogP contribution in [-0.2, 0) is 0 Å². The van der Waals surface area contributed by atoms with Crippen LogP contribution in [0.5, 0.6) is 0 Å². The summed E-state index contributed by atoms with van der Waals surface area (Å²) in [4.78, 5) is 0. The second-order valence-electron chi connectivity index (χ2n) is 4.00. The van der Waals surface area contributed by atoms with Gasteiger partial charge < -0.3 is 5.73 Å². The van der Waals surface area contributed by atoms with Crippen molar-refractivity contribution in [1.82, 2.24) is 0 Å². The van der Waals surface area contributed by atoms with E-state index in [1.54, 1.807) is 0 Å². The van der Waals surface area contributed by atoms with Crippen LogP contribution in [0.25, 0.3) is 0 Å². The van der Waals surface area contributed by atoms with Crippen LogP contribution in [0, 0.1) is 17.8 Å². The Hall–Kier alpha value is -0.0400. The first-order valence-corrected chi connectivity index (χ1v) is 4.99. The van der Waals surface area contributed by atoms with Crippen molar-refractivity contribution in [1.29, 1.82) is 0 Å². The number of hydrogen-bond donors (Lipinski definition) is 1. The van der Waals surface area contributed by atoms with Gasteiger partial charge in [0.25, 0.3) is 0 Å². The zero-order valence-electron chi connectivity index (χ0n) is 7.84. The Balaban J connectivity index is 2.42. The highest BCUT2D eigenvalue weighted by molar-refractivity contribution is 4.82. The Bertz CT molecular complexity index is 111. The van der Waals surface area contributed by atoms with Crippen molar-refractivity contribution < 1.29 is 0 Å².